The Bertz CT molecular complexity index is 1460. The van der Waals surface area contributed by atoms with Gasteiger partial charge in [-0.15, -0.1) is 0 Å². The Hall–Kier alpha value is -3.55. The standard InChI is InChI=1S/C24H16ClN3O3S/c1-12-4-3-5-19(13(12)2)28-22(30)16-8-6-14(10-17(16)23(28)31)21(29)27-24-26-18-9-7-15(25)11-20(18)32-24/h3-11H,1-2H3,(H,26,27,29). The molecule has 3 amide bonds. The molecule has 0 saturated heterocycles. The number of carbonyl (C=O) groups excluding carboxylic acids is 3. The van der Waals surface area contributed by atoms with Crippen molar-refractivity contribution in [3.63, 3.8) is 0 Å². The van der Waals surface area contributed by atoms with E-state index in [0.717, 1.165) is 21.3 Å². The van der Waals surface area contributed by atoms with E-state index in [1.54, 1.807) is 24.3 Å². The van der Waals surface area contributed by atoms with Crippen molar-refractivity contribution in [1.82, 2.24) is 4.98 Å². The lowest BCUT2D eigenvalue weighted by Gasteiger charge is -2.17. The second-order valence-corrected chi connectivity index (χ2v) is 8.98. The summed E-state index contributed by atoms with van der Waals surface area (Å²) in [6, 6.07) is 15.3. The highest BCUT2D eigenvalue weighted by atomic mass is 35.5. The first-order chi connectivity index (χ1) is 15.3. The van der Waals surface area contributed by atoms with Crippen LogP contribution < -0.4 is 10.2 Å². The highest BCUT2D eigenvalue weighted by Crippen LogP contribution is 2.33. The number of carbonyl (C=O) groups is 3. The molecule has 0 atom stereocenters. The Balaban J connectivity index is 1.45. The second-order valence-electron chi connectivity index (χ2n) is 7.51. The van der Waals surface area contributed by atoms with Crippen molar-refractivity contribution in [2.75, 3.05) is 10.2 Å². The number of hydrogen-bond donors (Lipinski definition) is 1. The Morgan fingerprint density at radius 2 is 1.78 bits per heavy atom. The fraction of sp³-hybridized carbons (Fsp3) is 0.0833. The molecule has 0 spiro atoms. The summed E-state index contributed by atoms with van der Waals surface area (Å²) in [4.78, 5) is 44.4. The number of aryl methyl sites for hydroxylation is 1. The fourth-order valence-electron chi connectivity index (χ4n) is 3.70. The summed E-state index contributed by atoms with van der Waals surface area (Å²) in [5, 5.41) is 3.77. The van der Waals surface area contributed by atoms with Gasteiger partial charge in [-0.1, -0.05) is 35.1 Å². The second kappa shape index (κ2) is 7.55. The van der Waals surface area contributed by atoms with Gasteiger partial charge in [-0.25, -0.2) is 9.88 Å². The van der Waals surface area contributed by atoms with Crippen LogP contribution in [0.1, 0.15) is 42.2 Å². The molecule has 0 bridgehead atoms. The summed E-state index contributed by atoms with van der Waals surface area (Å²) in [5.41, 5.74) is 3.88. The minimum atomic E-state index is -0.442. The minimum absolute atomic E-state index is 0.208. The smallest absolute Gasteiger partial charge is 0.266 e. The molecule has 0 aliphatic carbocycles. The van der Waals surface area contributed by atoms with Gasteiger partial charge >= 0.3 is 0 Å². The highest BCUT2D eigenvalue weighted by molar-refractivity contribution is 7.22. The Labute approximate surface area is 192 Å². The van der Waals surface area contributed by atoms with Crippen LogP contribution in [0.2, 0.25) is 5.02 Å². The van der Waals surface area contributed by atoms with Crippen molar-refractivity contribution in [1.29, 1.82) is 0 Å². The monoisotopic (exact) mass is 461 g/mol. The number of amides is 3. The lowest BCUT2D eigenvalue weighted by atomic mass is 10.1. The topological polar surface area (TPSA) is 79.4 Å². The lowest BCUT2D eigenvalue weighted by molar-refractivity contribution is 0.0925. The number of imide groups is 1. The maximum absolute atomic E-state index is 13.1. The molecule has 1 aliphatic rings. The van der Waals surface area contributed by atoms with E-state index in [2.05, 4.69) is 10.3 Å². The molecule has 0 radical (unpaired) electrons. The third-order valence-electron chi connectivity index (χ3n) is 5.54. The molecule has 32 heavy (non-hydrogen) atoms. The van der Waals surface area contributed by atoms with E-state index in [1.807, 2.05) is 26.0 Å². The molecule has 0 saturated carbocycles. The van der Waals surface area contributed by atoms with Gasteiger partial charge in [0.25, 0.3) is 17.7 Å². The Morgan fingerprint density at radius 3 is 2.59 bits per heavy atom. The summed E-state index contributed by atoms with van der Waals surface area (Å²) in [6.07, 6.45) is 0. The number of fused-ring (bicyclic) bond motifs is 2. The summed E-state index contributed by atoms with van der Waals surface area (Å²) in [5.74, 6) is -1.25. The van der Waals surface area contributed by atoms with Gasteiger partial charge in [0, 0.05) is 10.6 Å². The van der Waals surface area contributed by atoms with Gasteiger partial charge in [0.1, 0.15) is 0 Å². The molecule has 8 heteroatoms. The molecular weight excluding hydrogens is 446 g/mol. The van der Waals surface area contributed by atoms with E-state index in [-0.39, 0.29) is 16.7 Å². The summed E-state index contributed by atoms with van der Waals surface area (Å²) < 4.78 is 0.853. The van der Waals surface area contributed by atoms with Gasteiger partial charge in [0.15, 0.2) is 5.13 Å². The number of anilines is 2. The molecule has 3 aromatic carbocycles. The molecule has 1 N–H and O–H groups in total. The van der Waals surface area contributed by atoms with Crippen LogP contribution in [0.15, 0.2) is 54.6 Å². The van der Waals surface area contributed by atoms with Crippen molar-refractivity contribution in [3.8, 4) is 0 Å². The van der Waals surface area contributed by atoms with Gasteiger partial charge in [-0.3, -0.25) is 19.7 Å². The van der Waals surface area contributed by atoms with E-state index >= 15 is 0 Å². The van der Waals surface area contributed by atoms with Crippen LogP contribution in [0.5, 0.6) is 0 Å². The van der Waals surface area contributed by atoms with Crippen molar-refractivity contribution in [3.05, 3.63) is 87.4 Å². The maximum atomic E-state index is 13.1. The summed E-state index contributed by atoms with van der Waals surface area (Å²) >= 11 is 7.32. The molecule has 158 valence electrons. The predicted molar refractivity (Wildman–Crippen MR) is 126 cm³/mol. The van der Waals surface area contributed by atoms with Gasteiger partial charge in [-0.05, 0) is 67.4 Å². The Kier molecular flexibility index (Phi) is 4.80. The van der Waals surface area contributed by atoms with Crippen LogP contribution in [0.3, 0.4) is 0 Å². The number of nitrogens with one attached hydrogen (secondary N) is 1. The zero-order valence-corrected chi connectivity index (χ0v) is 18.7. The van der Waals surface area contributed by atoms with Crippen LogP contribution >= 0.6 is 22.9 Å². The molecule has 0 fully saturated rings. The average molecular weight is 462 g/mol. The predicted octanol–water partition coefficient (Wildman–Crippen LogP) is 5.62. The van der Waals surface area contributed by atoms with Crippen molar-refractivity contribution >= 4 is 61.7 Å². The van der Waals surface area contributed by atoms with Gasteiger partial charge in [0.2, 0.25) is 0 Å². The van der Waals surface area contributed by atoms with E-state index in [9.17, 15) is 14.4 Å². The van der Waals surface area contributed by atoms with Crippen LogP contribution in [-0.4, -0.2) is 22.7 Å². The van der Waals surface area contributed by atoms with Crippen LogP contribution in [0.25, 0.3) is 10.2 Å². The minimum Gasteiger partial charge on any atom is -0.298 e. The zero-order valence-electron chi connectivity index (χ0n) is 17.1. The van der Waals surface area contributed by atoms with E-state index < -0.39 is 17.7 Å². The zero-order chi connectivity index (χ0) is 22.6. The maximum Gasteiger partial charge on any atom is 0.266 e. The third-order valence-corrected chi connectivity index (χ3v) is 6.71. The molecule has 1 aliphatic heterocycles. The van der Waals surface area contributed by atoms with Crippen molar-refractivity contribution in [2.24, 2.45) is 0 Å². The third kappa shape index (κ3) is 3.26. The molecule has 1 aromatic heterocycles. The summed E-state index contributed by atoms with van der Waals surface area (Å²) in [7, 11) is 0. The van der Waals surface area contributed by atoms with E-state index in [4.69, 9.17) is 11.6 Å². The normalized spacial score (nSPS) is 13.0. The number of hydrogen-bond acceptors (Lipinski definition) is 5. The summed E-state index contributed by atoms with van der Waals surface area (Å²) in [6.45, 7) is 3.80. The SMILES string of the molecule is Cc1cccc(N2C(=O)c3ccc(C(=O)Nc4nc5ccc(Cl)cc5s4)cc3C2=O)c1C. The molecule has 0 unspecified atom stereocenters. The number of nitrogens with zero attached hydrogens (tertiary/aromatic N) is 2. The highest BCUT2D eigenvalue weighted by Gasteiger charge is 2.38. The molecule has 5 rings (SSSR count). The van der Waals surface area contributed by atoms with Gasteiger partial charge < -0.3 is 0 Å². The van der Waals surface area contributed by atoms with Gasteiger partial charge in [0.05, 0.1) is 27.0 Å². The van der Waals surface area contributed by atoms with Gasteiger partial charge in [-0.2, -0.15) is 0 Å². The van der Waals surface area contributed by atoms with Crippen LogP contribution in [0, 0.1) is 13.8 Å². The Morgan fingerprint density at radius 1 is 1.00 bits per heavy atom. The molecule has 4 aromatic rings. The van der Waals surface area contributed by atoms with Crippen LogP contribution in [0.4, 0.5) is 10.8 Å². The van der Waals surface area contributed by atoms with E-state index in [1.165, 1.54) is 34.4 Å². The average Bonchev–Trinajstić information content (AvgIpc) is 3.27. The first-order valence-electron chi connectivity index (χ1n) is 9.80. The van der Waals surface area contributed by atoms with Crippen molar-refractivity contribution in [2.45, 2.75) is 13.8 Å². The number of rotatable bonds is 3. The van der Waals surface area contributed by atoms with Crippen molar-refractivity contribution < 1.29 is 14.4 Å². The van der Waals surface area contributed by atoms with Crippen LogP contribution in [-0.2, 0) is 0 Å². The quantitative estimate of drug-likeness (QED) is 0.401. The van der Waals surface area contributed by atoms with E-state index in [0.29, 0.717) is 15.8 Å². The number of aromatic nitrogens is 1. The first-order valence-corrected chi connectivity index (χ1v) is 11.0. The molecule has 6 nitrogen and oxygen atoms in total. The number of thiazole rings is 1. The molecule has 2 heterocycles. The fourth-order valence-corrected chi connectivity index (χ4v) is 4.84. The lowest BCUT2D eigenvalue weighted by Crippen LogP contribution is -2.30. The first kappa shape index (κ1) is 20.4. The molecular formula is C24H16ClN3O3S. The largest absolute Gasteiger partial charge is 0.298 e. The number of benzene rings is 3. The number of halogens is 1.